The molecule has 0 atom stereocenters. The van der Waals surface area contributed by atoms with Crippen molar-refractivity contribution >= 4 is 0 Å². The van der Waals surface area contributed by atoms with E-state index < -0.39 is 0 Å². The maximum atomic E-state index is 3.89. The monoisotopic (exact) mass is 264 g/mol. The van der Waals surface area contributed by atoms with Crippen LogP contribution in [0.1, 0.15) is 64.2 Å². The number of nitrogens with zero attached hydrogens (tertiary/aromatic N) is 1. The lowest BCUT2D eigenvalue weighted by Crippen LogP contribution is -2.41. The minimum atomic E-state index is 0.797. The smallest absolute Gasteiger partial charge is 0.00675 e. The Morgan fingerprint density at radius 1 is 0.947 bits per heavy atom. The van der Waals surface area contributed by atoms with Gasteiger partial charge in [0.25, 0.3) is 0 Å². The van der Waals surface area contributed by atoms with E-state index in [2.05, 4.69) is 17.3 Å². The van der Waals surface area contributed by atoms with Crippen LogP contribution in [0.15, 0.2) is 0 Å². The van der Waals surface area contributed by atoms with Crippen LogP contribution in [0.2, 0.25) is 0 Å². The van der Waals surface area contributed by atoms with Crippen molar-refractivity contribution in [1.82, 2.24) is 10.2 Å². The standard InChI is InChI=1S/C17H32N2/c1-19-12-6-15(7-13-19)14-18-16-4-10-17(11-5-16)8-2-3-9-17/h15-16,18H,2-14H2,1H3. The second kappa shape index (κ2) is 6.13. The summed E-state index contributed by atoms with van der Waals surface area (Å²) in [6.45, 7) is 3.89. The van der Waals surface area contributed by atoms with Gasteiger partial charge in [-0.25, -0.2) is 0 Å². The van der Waals surface area contributed by atoms with Crippen LogP contribution in [0.25, 0.3) is 0 Å². The van der Waals surface area contributed by atoms with Gasteiger partial charge in [0.1, 0.15) is 0 Å². The highest BCUT2D eigenvalue weighted by Crippen LogP contribution is 2.48. The third kappa shape index (κ3) is 3.52. The van der Waals surface area contributed by atoms with E-state index in [4.69, 9.17) is 0 Å². The molecule has 0 aromatic heterocycles. The van der Waals surface area contributed by atoms with Crippen molar-refractivity contribution in [2.75, 3.05) is 26.7 Å². The molecule has 19 heavy (non-hydrogen) atoms. The van der Waals surface area contributed by atoms with E-state index in [1.165, 1.54) is 83.8 Å². The minimum absolute atomic E-state index is 0.797. The first-order valence-corrected chi connectivity index (χ1v) is 8.68. The lowest BCUT2D eigenvalue weighted by Gasteiger charge is -2.38. The highest BCUT2D eigenvalue weighted by molar-refractivity contribution is 4.91. The fourth-order valence-corrected chi connectivity index (χ4v) is 4.66. The zero-order chi connectivity index (χ0) is 13.1. The molecule has 3 aliphatic rings. The van der Waals surface area contributed by atoms with Crippen molar-refractivity contribution in [1.29, 1.82) is 0 Å². The summed E-state index contributed by atoms with van der Waals surface area (Å²) >= 11 is 0. The SMILES string of the molecule is CN1CCC(CNC2CCC3(CCCC3)CC2)CC1. The molecule has 3 fully saturated rings. The highest BCUT2D eigenvalue weighted by Gasteiger charge is 2.37. The molecule has 1 aliphatic heterocycles. The van der Waals surface area contributed by atoms with Gasteiger partial charge in [0.05, 0.1) is 0 Å². The van der Waals surface area contributed by atoms with Gasteiger partial charge < -0.3 is 10.2 Å². The Kier molecular flexibility index (Phi) is 4.48. The molecule has 0 bridgehead atoms. The summed E-state index contributed by atoms with van der Waals surface area (Å²) in [5, 5.41) is 3.89. The molecule has 2 aliphatic carbocycles. The summed E-state index contributed by atoms with van der Waals surface area (Å²) in [5.74, 6) is 0.943. The lowest BCUT2D eigenvalue weighted by molar-refractivity contribution is 0.158. The van der Waals surface area contributed by atoms with Crippen molar-refractivity contribution < 1.29 is 0 Å². The Morgan fingerprint density at radius 2 is 1.58 bits per heavy atom. The predicted octanol–water partition coefficient (Wildman–Crippen LogP) is 3.42. The molecule has 0 aromatic rings. The molecule has 2 saturated carbocycles. The van der Waals surface area contributed by atoms with Gasteiger partial charge in [0, 0.05) is 6.04 Å². The summed E-state index contributed by atoms with van der Waals surface area (Å²) in [5.41, 5.74) is 0.797. The number of likely N-dealkylation sites (tertiary alicyclic amines) is 1. The highest BCUT2D eigenvalue weighted by atomic mass is 15.1. The second-order valence-corrected chi connectivity index (χ2v) is 7.64. The minimum Gasteiger partial charge on any atom is -0.314 e. The second-order valence-electron chi connectivity index (χ2n) is 7.64. The predicted molar refractivity (Wildman–Crippen MR) is 81.4 cm³/mol. The van der Waals surface area contributed by atoms with Crippen LogP contribution in [0.4, 0.5) is 0 Å². The largest absolute Gasteiger partial charge is 0.314 e. The van der Waals surface area contributed by atoms with E-state index in [-0.39, 0.29) is 0 Å². The molecule has 0 radical (unpaired) electrons. The van der Waals surface area contributed by atoms with Crippen LogP contribution >= 0.6 is 0 Å². The van der Waals surface area contributed by atoms with Crippen molar-refractivity contribution in [2.24, 2.45) is 11.3 Å². The number of rotatable bonds is 3. The average molecular weight is 264 g/mol. The topological polar surface area (TPSA) is 15.3 Å². The zero-order valence-electron chi connectivity index (χ0n) is 12.8. The van der Waals surface area contributed by atoms with E-state index in [0.29, 0.717) is 0 Å². The van der Waals surface area contributed by atoms with E-state index in [1.54, 1.807) is 0 Å². The summed E-state index contributed by atoms with van der Waals surface area (Å²) in [6, 6.07) is 0.839. The Hall–Kier alpha value is -0.0800. The van der Waals surface area contributed by atoms with Crippen LogP contribution in [0.3, 0.4) is 0 Å². The molecule has 0 aromatic carbocycles. The third-order valence-corrected chi connectivity index (χ3v) is 6.24. The van der Waals surface area contributed by atoms with Crippen LogP contribution < -0.4 is 5.32 Å². The summed E-state index contributed by atoms with van der Waals surface area (Å²) in [7, 11) is 2.26. The Morgan fingerprint density at radius 3 is 2.21 bits per heavy atom. The Labute approximate surface area is 119 Å². The van der Waals surface area contributed by atoms with Gasteiger partial charge in [-0.3, -0.25) is 0 Å². The molecular weight excluding hydrogens is 232 g/mol. The van der Waals surface area contributed by atoms with E-state index >= 15 is 0 Å². The number of hydrogen-bond donors (Lipinski definition) is 1. The Balaban J connectivity index is 1.36. The van der Waals surface area contributed by atoms with Crippen LogP contribution in [-0.4, -0.2) is 37.6 Å². The van der Waals surface area contributed by atoms with Crippen molar-refractivity contribution in [2.45, 2.75) is 70.3 Å². The van der Waals surface area contributed by atoms with Gasteiger partial charge in [-0.05, 0) is 89.4 Å². The van der Waals surface area contributed by atoms with Gasteiger partial charge in [-0.15, -0.1) is 0 Å². The molecule has 2 heteroatoms. The van der Waals surface area contributed by atoms with Crippen LogP contribution in [0, 0.1) is 11.3 Å². The summed E-state index contributed by atoms with van der Waals surface area (Å²) in [4.78, 5) is 2.47. The normalized spacial score (nSPS) is 30.2. The van der Waals surface area contributed by atoms with Crippen molar-refractivity contribution in [3.8, 4) is 0 Å². The van der Waals surface area contributed by atoms with Crippen molar-refractivity contribution in [3.63, 3.8) is 0 Å². The molecule has 0 amide bonds. The maximum Gasteiger partial charge on any atom is 0.00675 e. The van der Waals surface area contributed by atoms with Gasteiger partial charge in [-0.1, -0.05) is 12.8 Å². The van der Waals surface area contributed by atoms with E-state index in [1.807, 2.05) is 0 Å². The Bertz CT molecular complexity index is 265. The first kappa shape index (κ1) is 13.9. The fourth-order valence-electron chi connectivity index (χ4n) is 4.66. The van der Waals surface area contributed by atoms with Gasteiger partial charge in [-0.2, -0.15) is 0 Å². The molecule has 1 saturated heterocycles. The summed E-state index contributed by atoms with van der Waals surface area (Å²) in [6.07, 6.45) is 14.8. The molecular formula is C17H32N2. The molecule has 0 unspecified atom stereocenters. The fraction of sp³-hybridized carbons (Fsp3) is 1.00. The zero-order valence-corrected chi connectivity index (χ0v) is 12.8. The number of hydrogen-bond acceptors (Lipinski definition) is 2. The first-order valence-electron chi connectivity index (χ1n) is 8.68. The first-order chi connectivity index (χ1) is 9.26. The van der Waals surface area contributed by atoms with Gasteiger partial charge in [0.2, 0.25) is 0 Å². The van der Waals surface area contributed by atoms with E-state index in [9.17, 15) is 0 Å². The molecule has 110 valence electrons. The van der Waals surface area contributed by atoms with Gasteiger partial charge >= 0.3 is 0 Å². The molecule has 1 heterocycles. The number of nitrogens with one attached hydrogen (secondary N) is 1. The van der Waals surface area contributed by atoms with Crippen molar-refractivity contribution in [3.05, 3.63) is 0 Å². The molecule has 3 rings (SSSR count). The number of piperidine rings is 1. The van der Waals surface area contributed by atoms with Gasteiger partial charge in [0.15, 0.2) is 0 Å². The quantitative estimate of drug-likeness (QED) is 0.840. The third-order valence-electron chi connectivity index (χ3n) is 6.24. The maximum absolute atomic E-state index is 3.89. The van der Waals surface area contributed by atoms with Crippen LogP contribution in [-0.2, 0) is 0 Å². The summed E-state index contributed by atoms with van der Waals surface area (Å²) < 4.78 is 0. The van der Waals surface area contributed by atoms with Crippen LogP contribution in [0.5, 0.6) is 0 Å². The molecule has 1 spiro atoms. The molecule has 2 nitrogen and oxygen atoms in total. The van der Waals surface area contributed by atoms with E-state index in [0.717, 1.165) is 17.4 Å². The molecule has 1 N–H and O–H groups in total. The average Bonchev–Trinajstić information content (AvgIpc) is 2.89. The lowest BCUT2D eigenvalue weighted by atomic mass is 9.71.